The number of nitrogens with zero attached hydrogens (tertiary/aromatic N) is 1. The van der Waals surface area contributed by atoms with Gasteiger partial charge in [-0.25, -0.2) is 0 Å². The summed E-state index contributed by atoms with van der Waals surface area (Å²) in [5, 5.41) is 0. The molecule has 0 aliphatic carbocycles. The minimum Gasteiger partial charge on any atom is -0.371 e. The Morgan fingerprint density at radius 2 is 2.11 bits per heavy atom. The van der Waals surface area contributed by atoms with Gasteiger partial charge in [0.05, 0.1) is 4.61 Å². The highest BCUT2D eigenvalue weighted by Gasteiger charge is 1.88. The number of ether oxygens (including phenoxy) is 1. The van der Waals surface area contributed by atoms with Crippen molar-refractivity contribution < 1.29 is 4.74 Å². The van der Waals surface area contributed by atoms with E-state index in [-0.39, 0.29) is 0 Å². The van der Waals surface area contributed by atoms with Crippen molar-refractivity contribution in [2.45, 2.75) is 6.42 Å². The average Bonchev–Trinajstić information content (AvgIpc) is 1.80. The second kappa shape index (κ2) is 6.77. The highest BCUT2D eigenvalue weighted by molar-refractivity contribution is 14.1. The number of rotatable bonds is 5. The second-order valence-corrected chi connectivity index (χ2v) is 2.80. The lowest BCUT2D eigenvalue weighted by atomic mass is 10.4. The Kier molecular flexibility index (Phi) is 7.25. The molecule has 56 valence electrons. The van der Waals surface area contributed by atoms with Crippen molar-refractivity contribution in [2.24, 2.45) is 0 Å². The fourth-order valence-electron chi connectivity index (χ4n) is 0.537. The molecule has 0 unspecified atom stereocenters. The van der Waals surface area contributed by atoms with E-state index in [2.05, 4.69) is 41.6 Å². The van der Waals surface area contributed by atoms with Crippen molar-refractivity contribution in [3.8, 4) is 0 Å². The molecule has 3 heteroatoms. The van der Waals surface area contributed by atoms with Crippen LogP contribution in [0.2, 0.25) is 0 Å². The molecule has 0 radical (unpaired) electrons. The summed E-state index contributed by atoms with van der Waals surface area (Å²) < 4.78 is 5.95. The van der Waals surface area contributed by atoms with E-state index in [1.54, 1.807) is 0 Å². The number of alkyl halides is 1. The van der Waals surface area contributed by atoms with Gasteiger partial charge in [0.25, 0.3) is 0 Å². The average molecular weight is 243 g/mol. The highest BCUT2D eigenvalue weighted by atomic mass is 127. The molecular weight excluding hydrogens is 229 g/mol. The fraction of sp³-hybridized carbons (Fsp3) is 1.00. The maximum Gasteiger partial charge on any atom is 0.0979 e. The van der Waals surface area contributed by atoms with Gasteiger partial charge in [-0.2, -0.15) is 0 Å². The van der Waals surface area contributed by atoms with Gasteiger partial charge < -0.3 is 9.64 Å². The Labute approximate surface area is 70.7 Å². The molecule has 0 aromatic carbocycles. The zero-order chi connectivity index (χ0) is 7.11. The predicted octanol–water partition coefficient (Wildman–Crippen LogP) is 1.35. The van der Waals surface area contributed by atoms with Crippen LogP contribution in [-0.4, -0.2) is 36.8 Å². The molecule has 0 atom stereocenters. The first-order valence-corrected chi connectivity index (χ1v) is 4.58. The summed E-state index contributed by atoms with van der Waals surface area (Å²) in [7, 11) is 4.15. The third-order valence-corrected chi connectivity index (χ3v) is 1.41. The first-order chi connectivity index (χ1) is 4.27. The van der Waals surface area contributed by atoms with E-state index in [0.29, 0.717) is 0 Å². The summed E-state index contributed by atoms with van der Waals surface area (Å²) >= 11 is 2.21. The van der Waals surface area contributed by atoms with Crippen molar-refractivity contribution in [1.29, 1.82) is 0 Å². The van der Waals surface area contributed by atoms with E-state index in [1.807, 2.05) is 0 Å². The van der Waals surface area contributed by atoms with Gasteiger partial charge in [-0.3, -0.25) is 0 Å². The van der Waals surface area contributed by atoms with Crippen molar-refractivity contribution in [1.82, 2.24) is 4.90 Å². The topological polar surface area (TPSA) is 12.5 Å². The Bertz CT molecular complexity index is 59.0. The van der Waals surface area contributed by atoms with Gasteiger partial charge in [0.15, 0.2) is 0 Å². The molecule has 0 heterocycles. The summed E-state index contributed by atoms with van der Waals surface area (Å²) in [6.07, 6.45) is 1.13. The maximum atomic E-state index is 5.14. The van der Waals surface area contributed by atoms with E-state index >= 15 is 0 Å². The molecule has 0 aliphatic heterocycles. The smallest absolute Gasteiger partial charge is 0.0979 e. The Morgan fingerprint density at radius 1 is 1.44 bits per heavy atom. The fourth-order valence-corrected chi connectivity index (χ4v) is 0.849. The zero-order valence-electron chi connectivity index (χ0n) is 6.06. The van der Waals surface area contributed by atoms with Crippen molar-refractivity contribution in [2.75, 3.05) is 31.9 Å². The molecule has 0 aromatic heterocycles. The van der Waals surface area contributed by atoms with Crippen molar-refractivity contribution in [3.05, 3.63) is 0 Å². The van der Waals surface area contributed by atoms with Crippen LogP contribution in [0, 0.1) is 0 Å². The molecule has 0 spiro atoms. The van der Waals surface area contributed by atoms with Crippen LogP contribution in [0.5, 0.6) is 0 Å². The highest BCUT2D eigenvalue weighted by Crippen LogP contribution is 1.88. The summed E-state index contributed by atoms with van der Waals surface area (Å²) in [4.78, 5) is 2.16. The van der Waals surface area contributed by atoms with Crippen LogP contribution in [0.1, 0.15) is 6.42 Å². The van der Waals surface area contributed by atoms with Crippen LogP contribution in [-0.2, 0) is 4.74 Å². The predicted molar refractivity (Wildman–Crippen MR) is 48.0 cm³/mol. The Hall–Kier alpha value is 0.650. The van der Waals surface area contributed by atoms with Crippen molar-refractivity contribution >= 4 is 22.6 Å². The first-order valence-electron chi connectivity index (χ1n) is 3.06. The molecule has 2 nitrogen and oxygen atoms in total. The third kappa shape index (κ3) is 8.65. The number of hydrogen-bond acceptors (Lipinski definition) is 2. The van der Waals surface area contributed by atoms with E-state index in [1.165, 1.54) is 0 Å². The van der Waals surface area contributed by atoms with E-state index in [0.717, 1.165) is 24.2 Å². The molecule has 0 aliphatic rings. The molecule has 0 aromatic rings. The molecule has 0 fully saturated rings. The second-order valence-electron chi connectivity index (χ2n) is 2.17. The van der Waals surface area contributed by atoms with Gasteiger partial charge in [-0.15, -0.1) is 0 Å². The first kappa shape index (κ1) is 9.65. The van der Waals surface area contributed by atoms with Crippen LogP contribution in [0.3, 0.4) is 0 Å². The SMILES string of the molecule is CN(C)CCCOCI. The normalized spacial score (nSPS) is 10.7. The van der Waals surface area contributed by atoms with Gasteiger partial charge in [0.1, 0.15) is 0 Å². The van der Waals surface area contributed by atoms with Gasteiger partial charge in [0.2, 0.25) is 0 Å². The van der Waals surface area contributed by atoms with Crippen LogP contribution < -0.4 is 0 Å². The monoisotopic (exact) mass is 243 g/mol. The minimum atomic E-state index is 0.811. The molecule has 0 rings (SSSR count). The van der Waals surface area contributed by atoms with Crippen LogP contribution in [0.25, 0.3) is 0 Å². The molecule has 0 N–H and O–H groups in total. The lowest BCUT2D eigenvalue weighted by molar-refractivity contribution is 0.177. The van der Waals surface area contributed by atoms with E-state index in [9.17, 15) is 0 Å². The Morgan fingerprint density at radius 3 is 2.56 bits per heavy atom. The van der Waals surface area contributed by atoms with Gasteiger partial charge >= 0.3 is 0 Å². The molecule has 0 amide bonds. The molecule has 0 saturated heterocycles. The van der Waals surface area contributed by atoms with Crippen LogP contribution >= 0.6 is 22.6 Å². The third-order valence-electron chi connectivity index (χ3n) is 0.971. The largest absolute Gasteiger partial charge is 0.371 e. The van der Waals surface area contributed by atoms with Crippen LogP contribution in [0.15, 0.2) is 0 Å². The van der Waals surface area contributed by atoms with E-state index < -0.39 is 0 Å². The quantitative estimate of drug-likeness (QED) is 0.410. The summed E-state index contributed by atoms with van der Waals surface area (Å²) in [5.41, 5.74) is 0. The van der Waals surface area contributed by atoms with Crippen molar-refractivity contribution in [3.63, 3.8) is 0 Å². The van der Waals surface area contributed by atoms with Gasteiger partial charge in [-0.05, 0) is 27.1 Å². The Balaban J connectivity index is 2.75. The molecule has 0 saturated carbocycles. The van der Waals surface area contributed by atoms with Gasteiger partial charge in [-0.1, -0.05) is 22.6 Å². The lowest BCUT2D eigenvalue weighted by Crippen LogP contribution is -2.14. The number of hydrogen-bond donors (Lipinski definition) is 0. The zero-order valence-corrected chi connectivity index (χ0v) is 8.22. The lowest BCUT2D eigenvalue weighted by Gasteiger charge is -2.07. The standard InChI is InChI=1S/C6H14INO/c1-8(2)4-3-5-9-6-7/h3-6H2,1-2H3. The molecule has 0 bridgehead atoms. The molecule has 9 heavy (non-hydrogen) atoms. The summed E-state index contributed by atoms with van der Waals surface area (Å²) in [6.45, 7) is 2.01. The number of halogens is 1. The summed E-state index contributed by atoms with van der Waals surface area (Å²) in [6, 6.07) is 0. The maximum absolute atomic E-state index is 5.14. The summed E-state index contributed by atoms with van der Waals surface area (Å²) in [5.74, 6) is 0. The van der Waals surface area contributed by atoms with Gasteiger partial charge in [0, 0.05) is 6.61 Å². The molecular formula is C6H14INO. The minimum absolute atomic E-state index is 0.811. The van der Waals surface area contributed by atoms with E-state index in [4.69, 9.17) is 4.74 Å². The van der Waals surface area contributed by atoms with Crippen LogP contribution in [0.4, 0.5) is 0 Å².